The van der Waals surface area contributed by atoms with Gasteiger partial charge in [-0.2, -0.15) is 0 Å². The maximum atomic E-state index is 11.9. The van der Waals surface area contributed by atoms with Crippen molar-refractivity contribution in [3.63, 3.8) is 0 Å². The van der Waals surface area contributed by atoms with Crippen LogP contribution in [0, 0.1) is 6.92 Å². The van der Waals surface area contributed by atoms with Crippen molar-refractivity contribution in [1.29, 1.82) is 0 Å². The summed E-state index contributed by atoms with van der Waals surface area (Å²) in [6.45, 7) is 2.02. The van der Waals surface area contributed by atoms with Crippen LogP contribution in [0.15, 0.2) is 44.5 Å². The SMILES string of the molecule is Cc1occc1[S@](=O)CC(=O)NCc1ccco1. The number of amides is 1. The van der Waals surface area contributed by atoms with Gasteiger partial charge >= 0.3 is 0 Å². The first-order valence-corrected chi connectivity index (χ1v) is 6.70. The number of hydrogen-bond acceptors (Lipinski definition) is 4. The van der Waals surface area contributed by atoms with Gasteiger partial charge in [-0.1, -0.05) is 0 Å². The summed E-state index contributed by atoms with van der Waals surface area (Å²) in [6.07, 6.45) is 3.00. The number of hydrogen-bond donors (Lipinski definition) is 1. The predicted molar refractivity (Wildman–Crippen MR) is 65.3 cm³/mol. The number of aryl methyl sites for hydroxylation is 1. The van der Waals surface area contributed by atoms with E-state index in [2.05, 4.69) is 5.32 Å². The zero-order valence-corrected chi connectivity index (χ0v) is 10.7. The number of carbonyl (C=O) groups is 1. The van der Waals surface area contributed by atoms with Crippen LogP contribution in [0.25, 0.3) is 0 Å². The fourth-order valence-electron chi connectivity index (χ4n) is 1.46. The molecule has 2 aromatic rings. The van der Waals surface area contributed by atoms with Crippen LogP contribution in [0.5, 0.6) is 0 Å². The zero-order chi connectivity index (χ0) is 13.0. The summed E-state index contributed by atoms with van der Waals surface area (Å²) in [5, 5.41) is 2.64. The second-order valence-electron chi connectivity index (χ2n) is 3.69. The molecule has 1 N–H and O–H groups in total. The molecule has 18 heavy (non-hydrogen) atoms. The van der Waals surface area contributed by atoms with Gasteiger partial charge in [-0.15, -0.1) is 0 Å². The summed E-state index contributed by atoms with van der Waals surface area (Å²) in [5.41, 5.74) is 0. The van der Waals surface area contributed by atoms with E-state index in [-0.39, 0.29) is 11.7 Å². The van der Waals surface area contributed by atoms with E-state index in [4.69, 9.17) is 8.83 Å². The molecule has 0 aliphatic rings. The third kappa shape index (κ3) is 3.10. The molecule has 0 saturated heterocycles. The summed E-state index contributed by atoms with van der Waals surface area (Å²) in [5.74, 6) is 0.868. The maximum Gasteiger partial charge on any atom is 0.233 e. The lowest BCUT2D eigenvalue weighted by molar-refractivity contribution is -0.118. The molecular weight excluding hydrogens is 254 g/mol. The van der Waals surface area contributed by atoms with E-state index in [0.29, 0.717) is 23.0 Å². The molecule has 5 nitrogen and oxygen atoms in total. The topological polar surface area (TPSA) is 72.5 Å². The molecule has 0 fully saturated rings. The quantitative estimate of drug-likeness (QED) is 0.893. The molecular formula is C12H13NO4S. The van der Waals surface area contributed by atoms with Crippen molar-refractivity contribution in [2.24, 2.45) is 0 Å². The Labute approximate surface area is 107 Å². The van der Waals surface area contributed by atoms with Gasteiger partial charge in [-0.05, 0) is 25.1 Å². The molecule has 0 aliphatic carbocycles. The number of carbonyl (C=O) groups excluding carboxylic acids is 1. The first kappa shape index (κ1) is 12.6. The third-order valence-corrected chi connectivity index (χ3v) is 3.80. The van der Waals surface area contributed by atoms with Gasteiger partial charge in [0.05, 0.1) is 34.8 Å². The first-order chi connectivity index (χ1) is 8.66. The Bertz CT molecular complexity index is 544. The first-order valence-electron chi connectivity index (χ1n) is 5.38. The molecule has 2 heterocycles. The van der Waals surface area contributed by atoms with Gasteiger partial charge in [0.2, 0.25) is 5.91 Å². The maximum absolute atomic E-state index is 11.9. The molecule has 1 amide bonds. The number of furan rings is 2. The molecule has 1 atom stereocenters. The lowest BCUT2D eigenvalue weighted by atomic mass is 10.4. The highest BCUT2D eigenvalue weighted by atomic mass is 32.2. The molecule has 0 radical (unpaired) electrons. The Morgan fingerprint density at radius 2 is 2.17 bits per heavy atom. The van der Waals surface area contributed by atoms with Crippen LogP contribution >= 0.6 is 0 Å². The average Bonchev–Trinajstić information content (AvgIpc) is 2.97. The van der Waals surface area contributed by atoms with Crippen molar-refractivity contribution in [3.8, 4) is 0 Å². The summed E-state index contributed by atoms with van der Waals surface area (Å²) in [7, 11) is -1.38. The summed E-state index contributed by atoms with van der Waals surface area (Å²) >= 11 is 0. The fraction of sp³-hybridized carbons (Fsp3) is 0.250. The van der Waals surface area contributed by atoms with Crippen LogP contribution in [0.1, 0.15) is 11.5 Å². The van der Waals surface area contributed by atoms with E-state index in [0.717, 1.165) is 0 Å². The molecule has 0 aliphatic heterocycles. The molecule has 6 heteroatoms. The standard InChI is InChI=1S/C12H13NO4S/c1-9-11(4-6-16-9)18(15)8-12(14)13-7-10-3-2-5-17-10/h2-6H,7-8H2,1H3,(H,13,14)/t18-/m1/s1. The van der Waals surface area contributed by atoms with E-state index in [1.54, 1.807) is 25.1 Å². The van der Waals surface area contributed by atoms with Crippen LogP contribution in [0.3, 0.4) is 0 Å². The van der Waals surface area contributed by atoms with E-state index < -0.39 is 10.8 Å². The van der Waals surface area contributed by atoms with Crippen LogP contribution in [-0.2, 0) is 22.1 Å². The van der Waals surface area contributed by atoms with Crippen molar-refractivity contribution in [2.75, 3.05) is 5.75 Å². The summed E-state index contributed by atoms with van der Waals surface area (Å²) < 4.78 is 22.0. The highest BCUT2D eigenvalue weighted by molar-refractivity contribution is 7.85. The molecule has 2 rings (SSSR count). The minimum Gasteiger partial charge on any atom is -0.468 e. The van der Waals surface area contributed by atoms with Crippen molar-refractivity contribution in [2.45, 2.75) is 18.4 Å². The second-order valence-corrected chi connectivity index (χ2v) is 5.11. The lowest BCUT2D eigenvalue weighted by Gasteiger charge is -2.03. The second kappa shape index (κ2) is 5.68. The van der Waals surface area contributed by atoms with Crippen LogP contribution in [-0.4, -0.2) is 15.9 Å². The monoisotopic (exact) mass is 267 g/mol. The minimum atomic E-state index is -1.38. The molecule has 0 bridgehead atoms. The van der Waals surface area contributed by atoms with Gasteiger partial charge in [0, 0.05) is 0 Å². The largest absolute Gasteiger partial charge is 0.468 e. The lowest BCUT2D eigenvalue weighted by Crippen LogP contribution is -2.27. The number of nitrogens with one attached hydrogen (secondary N) is 1. The van der Waals surface area contributed by atoms with Crippen molar-refractivity contribution >= 4 is 16.7 Å². The van der Waals surface area contributed by atoms with Crippen molar-refractivity contribution < 1.29 is 17.8 Å². The van der Waals surface area contributed by atoms with Gasteiger partial charge < -0.3 is 14.2 Å². The van der Waals surface area contributed by atoms with E-state index in [1.165, 1.54) is 12.5 Å². The Morgan fingerprint density at radius 3 is 2.78 bits per heavy atom. The summed E-state index contributed by atoms with van der Waals surface area (Å²) in [6, 6.07) is 5.12. The minimum absolute atomic E-state index is 0.0823. The Morgan fingerprint density at radius 1 is 1.33 bits per heavy atom. The van der Waals surface area contributed by atoms with Crippen LogP contribution in [0.2, 0.25) is 0 Å². The van der Waals surface area contributed by atoms with Gasteiger partial charge in [0.1, 0.15) is 17.3 Å². The van der Waals surface area contributed by atoms with Crippen LogP contribution in [0.4, 0.5) is 0 Å². The molecule has 0 spiro atoms. The van der Waals surface area contributed by atoms with Gasteiger partial charge in [0.15, 0.2) is 0 Å². The molecule has 0 aromatic carbocycles. The van der Waals surface area contributed by atoms with Gasteiger partial charge in [-0.25, -0.2) is 0 Å². The molecule has 2 aromatic heterocycles. The Kier molecular flexibility index (Phi) is 3.99. The normalized spacial score (nSPS) is 12.3. The fourth-order valence-corrected chi connectivity index (χ4v) is 2.53. The van der Waals surface area contributed by atoms with E-state index >= 15 is 0 Å². The van der Waals surface area contributed by atoms with Crippen LogP contribution < -0.4 is 5.32 Å². The van der Waals surface area contributed by atoms with E-state index in [9.17, 15) is 9.00 Å². The molecule has 96 valence electrons. The van der Waals surface area contributed by atoms with Gasteiger partial charge in [0.25, 0.3) is 0 Å². The van der Waals surface area contributed by atoms with E-state index in [1.807, 2.05) is 0 Å². The van der Waals surface area contributed by atoms with Crippen molar-refractivity contribution in [3.05, 3.63) is 42.2 Å². The molecule has 0 unspecified atom stereocenters. The highest BCUT2D eigenvalue weighted by Gasteiger charge is 2.14. The smallest absolute Gasteiger partial charge is 0.233 e. The predicted octanol–water partition coefficient (Wildman–Crippen LogP) is 1.61. The zero-order valence-electron chi connectivity index (χ0n) is 9.84. The summed E-state index contributed by atoms with van der Waals surface area (Å²) in [4.78, 5) is 12.1. The van der Waals surface area contributed by atoms with Gasteiger partial charge in [-0.3, -0.25) is 9.00 Å². The van der Waals surface area contributed by atoms with Crippen molar-refractivity contribution in [1.82, 2.24) is 5.32 Å². The Balaban J connectivity index is 1.84. The highest BCUT2D eigenvalue weighted by Crippen LogP contribution is 2.13. The number of rotatable bonds is 5. The molecule has 0 saturated carbocycles. The average molecular weight is 267 g/mol. The Hall–Kier alpha value is -1.82. The third-order valence-electron chi connectivity index (χ3n) is 2.36.